The van der Waals surface area contributed by atoms with Crippen LogP contribution in [0.2, 0.25) is 10.0 Å². The molecule has 1 saturated carbocycles. The minimum Gasteiger partial charge on any atom is -0.484 e. The number of nitrogens with one attached hydrogen (secondary N) is 1. The highest BCUT2D eigenvalue weighted by Crippen LogP contribution is 2.43. The van der Waals surface area contributed by atoms with Gasteiger partial charge in [-0.15, -0.1) is 0 Å². The molecule has 1 aliphatic carbocycles. The lowest BCUT2D eigenvalue weighted by Gasteiger charge is -2.35. The third-order valence-corrected chi connectivity index (χ3v) is 5.42. The second kappa shape index (κ2) is 7.45. The molecule has 2 aliphatic rings. The normalized spacial score (nSPS) is 19.0. The van der Waals surface area contributed by atoms with E-state index in [4.69, 9.17) is 32.7 Å². The van der Waals surface area contributed by atoms with Crippen molar-refractivity contribution < 1.29 is 9.47 Å². The van der Waals surface area contributed by atoms with Gasteiger partial charge in [-0.1, -0.05) is 41.8 Å². The molecular weight excluding hydrogens is 357 g/mol. The van der Waals surface area contributed by atoms with Crippen molar-refractivity contribution in [3.05, 3.63) is 58.1 Å². The number of benzene rings is 2. The van der Waals surface area contributed by atoms with Gasteiger partial charge in [0.15, 0.2) is 11.5 Å². The summed E-state index contributed by atoms with van der Waals surface area (Å²) in [7, 11) is 0. The van der Waals surface area contributed by atoms with Gasteiger partial charge >= 0.3 is 0 Å². The van der Waals surface area contributed by atoms with Gasteiger partial charge in [0, 0.05) is 35.1 Å². The predicted octanol–water partition coefficient (Wildman–Crippen LogP) is 5.26. The summed E-state index contributed by atoms with van der Waals surface area (Å²) in [6.45, 7) is 1.71. The van der Waals surface area contributed by atoms with Crippen LogP contribution < -0.4 is 14.8 Å². The number of hydrogen-bond donors (Lipinski definition) is 1. The average molecular weight is 378 g/mol. The van der Waals surface area contributed by atoms with E-state index in [1.165, 1.54) is 19.3 Å². The van der Waals surface area contributed by atoms with Gasteiger partial charge < -0.3 is 14.8 Å². The second-order valence-electron chi connectivity index (χ2n) is 6.77. The largest absolute Gasteiger partial charge is 0.484 e. The van der Waals surface area contributed by atoms with E-state index in [0.29, 0.717) is 16.7 Å². The van der Waals surface area contributed by atoms with Crippen LogP contribution >= 0.6 is 23.2 Å². The quantitative estimate of drug-likeness (QED) is 0.743. The molecule has 0 aromatic heterocycles. The molecule has 1 saturated heterocycles. The Bertz CT molecular complexity index is 744. The fourth-order valence-electron chi connectivity index (χ4n) is 3.20. The lowest BCUT2D eigenvalue weighted by atomic mass is 9.78. The third kappa shape index (κ3) is 3.89. The van der Waals surface area contributed by atoms with Gasteiger partial charge in [0.25, 0.3) is 0 Å². The molecule has 2 fully saturated rings. The third-order valence-electron chi connectivity index (χ3n) is 4.95. The van der Waals surface area contributed by atoms with Gasteiger partial charge in [-0.2, -0.15) is 0 Å². The van der Waals surface area contributed by atoms with Gasteiger partial charge in [0.05, 0.1) is 0 Å². The Morgan fingerprint density at radius 3 is 2.40 bits per heavy atom. The Labute approximate surface area is 158 Å². The Hall–Kier alpha value is -1.42. The monoisotopic (exact) mass is 377 g/mol. The van der Waals surface area contributed by atoms with Crippen LogP contribution in [0.1, 0.15) is 30.9 Å². The van der Waals surface area contributed by atoms with E-state index in [2.05, 4.69) is 11.4 Å². The molecule has 2 aromatic rings. The van der Waals surface area contributed by atoms with Crippen LogP contribution in [0.5, 0.6) is 11.5 Å². The zero-order valence-corrected chi connectivity index (χ0v) is 15.4. The number of hydrogen-bond acceptors (Lipinski definition) is 3. The van der Waals surface area contributed by atoms with E-state index < -0.39 is 0 Å². The average Bonchev–Trinajstić information content (AvgIpc) is 2.50. The molecule has 4 rings (SSSR count). The molecular formula is C20H21Cl2NO2. The Morgan fingerprint density at radius 1 is 0.960 bits per heavy atom. The van der Waals surface area contributed by atoms with Gasteiger partial charge in [0.2, 0.25) is 0 Å². The summed E-state index contributed by atoms with van der Waals surface area (Å²) in [5.74, 6) is 1.96. The second-order valence-corrected chi connectivity index (χ2v) is 7.65. The zero-order valence-electron chi connectivity index (χ0n) is 13.9. The maximum atomic E-state index is 6.45. The van der Waals surface area contributed by atoms with Crippen molar-refractivity contribution in [2.24, 2.45) is 5.92 Å². The Kier molecular flexibility index (Phi) is 5.07. The topological polar surface area (TPSA) is 30.5 Å². The first-order valence-corrected chi connectivity index (χ1v) is 9.54. The minimum atomic E-state index is -0.0181. The molecule has 132 valence electrons. The summed E-state index contributed by atoms with van der Waals surface area (Å²) >= 11 is 12.4. The van der Waals surface area contributed by atoms with Gasteiger partial charge in [-0.25, -0.2) is 0 Å². The van der Waals surface area contributed by atoms with Crippen LogP contribution in [0.4, 0.5) is 0 Å². The van der Waals surface area contributed by atoms with Crippen LogP contribution in [0.25, 0.3) is 0 Å². The van der Waals surface area contributed by atoms with Crippen molar-refractivity contribution in [3.8, 4) is 11.5 Å². The maximum absolute atomic E-state index is 6.45. The van der Waals surface area contributed by atoms with Crippen LogP contribution in [0.3, 0.4) is 0 Å². The van der Waals surface area contributed by atoms with E-state index in [1.54, 1.807) is 0 Å². The van der Waals surface area contributed by atoms with E-state index in [-0.39, 0.29) is 12.2 Å². The summed E-state index contributed by atoms with van der Waals surface area (Å²) in [6, 6.07) is 13.5. The zero-order chi connectivity index (χ0) is 17.2. The molecule has 1 heterocycles. The molecule has 3 nitrogen and oxygen atoms in total. The van der Waals surface area contributed by atoms with Gasteiger partial charge in [-0.3, -0.25) is 0 Å². The molecule has 0 spiro atoms. The molecule has 1 atom stereocenters. The summed E-state index contributed by atoms with van der Waals surface area (Å²) in [5, 5.41) is 4.60. The SMILES string of the molecule is Clc1cccc(C(Oc2ccc(Cl)cc2OC2CNC2)C2CCC2)c1. The molecule has 1 unspecified atom stereocenters. The molecule has 0 radical (unpaired) electrons. The predicted molar refractivity (Wildman–Crippen MR) is 101 cm³/mol. The lowest BCUT2D eigenvalue weighted by molar-refractivity contribution is 0.0737. The van der Waals surface area contributed by atoms with E-state index in [9.17, 15) is 0 Å². The fraction of sp³-hybridized carbons (Fsp3) is 0.400. The summed E-state index contributed by atoms with van der Waals surface area (Å²) in [5.41, 5.74) is 1.11. The van der Waals surface area contributed by atoms with Crippen molar-refractivity contribution >= 4 is 23.2 Å². The summed E-state index contributed by atoms with van der Waals surface area (Å²) in [4.78, 5) is 0. The molecule has 1 N–H and O–H groups in total. The molecule has 1 aliphatic heterocycles. The maximum Gasteiger partial charge on any atom is 0.163 e. The summed E-state index contributed by atoms with van der Waals surface area (Å²) < 4.78 is 12.5. The number of ether oxygens (including phenoxy) is 2. The molecule has 0 bridgehead atoms. The van der Waals surface area contributed by atoms with E-state index in [0.717, 1.165) is 29.4 Å². The number of halogens is 2. The lowest BCUT2D eigenvalue weighted by Crippen LogP contribution is -2.50. The highest BCUT2D eigenvalue weighted by Gasteiger charge is 2.31. The standard InChI is InChI=1S/C20H21Cl2NO2/c21-15-6-2-5-14(9-15)20(13-3-1-4-13)25-18-8-7-16(22)10-19(18)24-17-11-23-12-17/h2,5-10,13,17,20,23H,1,3-4,11-12H2. The van der Waals surface area contributed by atoms with Gasteiger partial charge in [-0.05, 0) is 42.7 Å². The summed E-state index contributed by atoms with van der Waals surface area (Å²) in [6.07, 6.45) is 3.76. The molecule has 2 aromatic carbocycles. The molecule has 0 amide bonds. The van der Waals surface area contributed by atoms with E-state index >= 15 is 0 Å². The van der Waals surface area contributed by atoms with Crippen molar-refractivity contribution in [1.29, 1.82) is 0 Å². The minimum absolute atomic E-state index is 0.0181. The van der Waals surface area contributed by atoms with Crippen molar-refractivity contribution in [2.75, 3.05) is 13.1 Å². The Morgan fingerprint density at radius 2 is 1.76 bits per heavy atom. The van der Waals surface area contributed by atoms with Crippen LogP contribution in [0, 0.1) is 5.92 Å². The van der Waals surface area contributed by atoms with Crippen molar-refractivity contribution in [2.45, 2.75) is 31.5 Å². The van der Waals surface area contributed by atoms with Crippen molar-refractivity contribution in [3.63, 3.8) is 0 Å². The van der Waals surface area contributed by atoms with Crippen LogP contribution in [0.15, 0.2) is 42.5 Å². The van der Waals surface area contributed by atoms with Gasteiger partial charge in [0.1, 0.15) is 12.2 Å². The number of rotatable bonds is 6. The molecule has 25 heavy (non-hydrogen) atoms. The molecule has 5 heteroatoms. The van der Waals surface area contributed by atoms with E-state index in [1.807, 2.05) is 36.4 Å². The Balaban J connectivity index is 1.61. The van der Waals surface area contributed by atoms with Crippen LogP contribution in [-0.2, 0) is 0 Å². The smallest absolute Gasteiger partial charge is 0.163 e. The van der Waals surface area contributed by atoms with Crippen LogP contribution in [-0.4, -0.2) is 19.2 Å². The first-order valence-electron chi connectivity index (χ1n) is 8.78. The fourth-order valence-corrected chi connectivity index (χ4v) is 3.56. The highest BCUT2D eigenvalue weighted by molar-refractivity contribution is 6.31. The highest BCUT2D eigenvalue weighted by atomic mass is 35.5. The first-order chi connectivity index (χ1) is 12.2. The first kappa shape index (κ1) is 17.0. The van der Waals surface area contributed by atoms with Crippen molar-refractivity contribution in [1.82, 2.24) is 5.32 Å².